The van der Waals surface area contributed by atoms with Crippen LogP contribution < -0.4 is 5.32 Å². The number of nitrogens with zero attached hydrogens (tertiary/aromatic N) is 3. The molecule has 0 unspecified atom stereocenters. The van der Waals surface area contributed by atoms with Crippen LogP contribution in [0.15, 0.2) is 70.7 Å². The van der Waals surface area contributed by atoms with E-state index in [0.29, 0.717) is 17.5 Å². The van der Waals surface area contributed by atoms with Gasteiger partial charge in [-0.1, -0.05) is 60.3 Å². The molecule has 152 valence electrons. The Morgan fingerprint density at radius 2 is 1.69 bits per heavy atom. The number of carbonyl (C=O) groups excluding carboxylic acids is 1. The summed E-state index contributed by atoms with van der Waals surface area (Å²) in [6.45, 7) is 0.558. The maximum atomic E-state index is 12.5. The van der Waals surface area contributed by atoms with Crippen molar-refractivity contribution in [2.45, 2.75) is 22.2 Å². The van der Waals surface area contributed by atoms with Crippen molar-refractivity contribution in [1.82, 2.24) is 20.1 Å². The third kappa shape index (κ3) is 5.91. The Kier molecular flexibility index (Phi) is 7.05. The van der Waals surface area contributed by atoms with Crippen LogP contribution in [0, 0.1) is 0 Å². The summed E-state index contributed by atoms with van der Waals surface area (Å²) in [5.41, 5.74) is 1.16. The average molecular weight is 431 g/mol. The summed E-state index contributed by atoms with van der Waals surface area (Å²) >= 11 is 1.23. The zero-order chi connectivity index (χ0) is 20.7. The number of thioether (sulfide) groups is 1. The number of hydrogen-bond donors (Lipinski definition) is 1. The van der Waals surface area contributed by atoms with Gasteiger partial charge in [-0.2, -0.15) is 0 Å². The molecule has 9 heteroatoms. The van der Waals surface area contributed by atoms with Crippen molar-refractivity contribution in [3.8, 4) is 0 Å². The number of nitrogens with one attached hydrogen (secondary N) is 1. The van der Waals surface area contributed by atoms with Crippen molar-refractivity contribution < 1.29 is 13.2 Å². The molecule has 1 amide bonds. The number of aromatic nitrogens is 3. The van der Waals surface area contributed by atoms with E-state index >= 15 is 0 Å². The first-order valence-corrected chi connectivity index (χ1v) is 11.7. The van der Waals surface area contributed by atoms with Gasteiger partial charge in [-0.15, -0.1) is 10.2 Å². The van der Waals surface area contributed by atoms with E-state index in [-0.39, 0.29) is 22.3 Å². The summed E-state index contributed by atoms with van der Waals surface area (Å²) in [6, 6.07) is 18.2. The Bertz CT molecular complexity index is 1050. The second kappa shape index (κ2) is 9.71. The van der Waals surface area contributed by atoms with Crippen LogP contribution >= 0.6 is 11.8 Å². The number of rotatable bonds is 9. The standard InChI is InChI=1S/C20H22N4O3S2/c1-24-18(15-29(26,27)17-10-6-3-7-11-17)22-23-20(24)28-14-19(25)21-13-12-16-8-4-2-5-9-16/h2-11H,12-15H2,1H3,(H,21,25). The fraction of sp³-hybridized carbons (Fsp3) is 0.250. The molecule has 29 heavy (non-hydrogen) atoms. The minimum Gasteiger partial charge on any atom is -0.355 e. The monoisotopic (exact) mass is 430 g/mol. The van der Waals surface area contributed by atoms with Gasteiger partial charge < -0.3 is 9.88 Å². The molecule has 3 rings (SSSR count). The van der Waals surface area contributed by atoms with Gasteiger partial charge in [0.2, 0.25) is 5.91 Å². The molecule has 1 N–H and O–H groups in total. The molecule has 0 saturated heterocycles. The van der Waals surface area contributed by atoms with Crippen molar-refractivity contribution in [2.75, 3.05) is 12.3 Å². The molecule has 2 aromatic carbocycles. The summed E-state index contributed by atoms with van der Waals surface area (Å²) < 4.78 is 26.6. The highest BCUT2D eigenvalue weighted by Crippen LogP contribution is 2.19. The molecule has 0 radical (unpaired) electrons. The Morgan fingerprint density at radius 3 is 2.38 bits per heavy atom. The van der Waals surface area contributed by atoms with Crippen LogP contribution in [0.5, 0.6) is 0 Å². The molecule has 0 spiro atoms. The van der Waals surface area contributed by atoms with E-state index in [2.05, 4.69) is 15.5 Å². The Balaban J connectivity index is 1.51. The zero-order valence-corrected chi connectivity index (χ0v) is 17.6. The van der Waals surface area contributed by atoms with E-state index in [4.69, 9.17) is 0 Å². The number of sulfone groups is 1. The molecule has 0 aliphatic rings. The fourth-order valence-electron chi connectivity index (χ4n) is 2.65. The second-order valence-electron chi connectivity index (χ2n) is 6.40. The van der Waals surface area contributed by atoms with Crippen molar-refractivity contribution in [1.29, 1.82) is 0 Å². The maximum absolute atomic E-state index is 12.5. The van der Waals surface area contributed by atoms with Gasteiger partial charge in [0.1, 0.15) is 11.6 Å². The van der Waals surface area contributed by atoms with E-state index in [9.17, 15) is 13.2 Å². The number of amides is 1. The molecule has 0 fully saturated rings. The highest BCUT2D eigenvalue weighted by Gasteiger charge is 2.20. The average Bonchev–Trinajstić information content (AvgIpc) is 3.07. The van der Waals surface area contributed by atoms with Gasteiger partial charge in [0, 0.05) is 13.6 Å². The van der Waals surface area contributed by atoms with Crippen LogP contribution in [0.25, 0.3) is 0 Å². The molecule has 7 nitrogen and oxygen atoms in total. The van der Waals surface area contributed by atoms with Gasteiger partial charge in [-0.3, -0.25) is 4.79 Å². The normalized spacial score (nSPS) is 11.3. The molecule has 0 bridgehead atoms. The third-order valence-corrected chi connectivity index (χ3v) is 6.91. The maximum Gasteiger partial charge on any atom is 0.230 e. The highest BCUT2D eigenvalue weighted by atomic mass is 32.2. The first-order chi connectivity index (χ1) is 14.0. The van der Waals surface area contributed by atoms with E-state index in [1.807, 2.05) is 30.3 Å². The van der Waals surface area contributed by atoms with Crippen molar-refractivity contribution in [3.63, 3.8) is 0 Å². The Labute approximate surface area is 174 Å². The summed E-state index contributed by atoms with van der Waals surface area (Å²) in [5.74, 6) is 0.171. The highest BCUT2D eigenvalue weighted by molar-refractivity contribution is 7.99. The van der Waals surface area contributed by atoms with Crippen LogP contribution in [0.2, 0.25) is 0 Å². The molecule has 0 saturated carbocycles. The summed E-state index contributed by atoms with van der Waals surface area (Å²) in [6.07, 6.45) is 0.767. The smallest absolute Gasteiger partial charge is 0.230 e. The molecule has 3 aromatic rings. The van der Waals surface area contributed by atoms with Gasteiger partial charge in [-0.25, -0.2) is 8.42 Å². The predicted molar refractivity (Wildman–Crippen MR) is 112 cm³/mol. The van der Waals surface area contributed by atoms with Crippen molar-refractivity contribution in [3.05, 3.63) is 72.1 Å². The minimum atomic E-state index is -3.50. The van der Waals surface area contributed by atoms with Crippen LogP contribution in [-0.2, 0) is 33.9 Å². The lowest BCUT2D eigenvalue weighted by atomic mass is 10.1. The van der Waals surface area contributed by atoms with Gasteiger partial charge >= 0.3 is 0 Å². The predicted octanol–water partition coefficient (Wildman–Crippen LogP) is 2.24. The topological polar surface area (TPSA) is 93.9 Å². The molecule has 1 heterocycles. The lowest BCUT2D eigenvalue weighted by Gasteiger charge is -2.06. The van der Waals surface area contributed by atoms with Crippen molar-refractivity contribution >= 4 is 27.5 Å². The Hall–Kier alpha value is -2.65. The SMILES string of the molecule is Cn1c(CS(=O)(=O)c2ccccc2)nnc1SCC(=O)NCCc1ccccc1. The molecule has 0 aliphatic carbocycles. The molecular formula is C20H22N4O3S2. The van der Waals surface area contributed by atoms with Crippen LogP contribution in [-0.4, -0.2) is 41.4 Å². The van der Waals surface area contributed by atoms with Gasteiger partial charge in [0.15, 0.2) is 15.0 Å². The number of benzene rings is 2. The second-order valence-corrected chi connectivity index (χ2v) is 9.34. The summed E-state index contributed by atoms with van der Waals surface area (Å²) in [5, 5.41) is 11.4. The van der Waals surface area contributed by atoms with E-state index in [1.54, 1.807) is 41.9 Å². The van der Waals surface area contributed by atoms with E-state index in [1.165, 1.54) is 11.8 Å². The van der Waals surface area contributed by atoms with Crippen LogP contribution in [0.1, 0.15) is 11.4 Å². The van der Waals surface area contributed by atoms with Crippen LogP contribution in [0.3, 0.4) is 0 Å². The minimum absolute atomic E-state index is 0.104. The molecule has 1 aromatic heterocycles. The lowest BCUT2D eigenvalue weighted by molar-refractivity contribution is -0.118. The van der Waals surface area contributed by atoms with E-state index in [0.717, 1.165) is 12.0 Å². The van der Waals surface area contributed by atoms with Crippen molar-refractivity contribution in [2.24, 2.45) is 7.05 Å². The zero-order valence-electron chi connectivity index (χ0n) is 16.0. The van der Waals surface area contributed by atoms with Gasteiger partial charge in [0.25, 0.3) is 0 Å². The Morgan fingerprint density at radius 1 is 1.03 bits per heavy atom. The summed E-state index contributed by atoms with van der Waals surface area (Å²) in [7, 11) is -1.80. The molecule has 0 atom stereocenters. The molecule has 0 aliphatic heterocycles. The summed E-state index contributed by atoms with van der Waals surface area (Å²) in [4.78, 5) is 12.3. The van der Waals surface area contributed by atoms with Gasteiger partial charge in [-0.05, 0) is 24.1 Å². The first-order valence-electron chi connectivity index (χ1n) is 9.05. The fourth-order valence-corrected chi connectivity index (χ4v) is 4.74. The van der Waals surface area contributed by atoms with E-state index < -0.39 is 9.84 Å². The largest absolute Gasteiger partial charge is 0.355 e. The first kappa shape index (κ1) is 21.1. The third-order valence-electron chi connectivity index (χ3n) is 4.26. The molecular weight excluding hydrogens is 408 g/mol. The van der Waals surface area contributed by atoms with Gasteiger partial charge in [0.05, 0.1) is 10.6 Å². The quantitative estimate of drug-likeness (QED) is 0.523. The number of hydrogen-bond acceptors (Lipinski definition) is 6. The number of carbonyl (C=O) groups is 1. The van der Waals surface area contributed by atoms with Crippen LogP contribution in [0.4, 0.5) is 0 Å². The lowest BCUT2D eigenvalue weighted by Crippen LogP contribution is -2.27.